The van der Waals surface area contributed by atoms with Gasteiger partial charge in [0.15, 0.2) is 6.10 Å². The predicted octanol–water partition coefficient (Wildman–Crippen LogP) is 4.45. The van der Waals surface area contributed by atoms with Crippen LogP contribution < -0.4 is 11.1 Å². The molecule has 11 heteroatoms. The minimum atomic E-state index is -4.82. The van der Waals surface area contributed by atoms with E-state index in [0.717, 1.165) is 12.1 Å². The van der Waals surface area contributed by atoms with Crippen molar-refractivity contribution in [2.45, 2.75) is 24.2 Å². The molecule has 0 bridgehead atoms. The summed E-state index contributed by atoms with van der Waals surface area (Å²) in [4.78, 5) is 7.70. The van der Waals surface area contributed by atoms with Crippen molar-refractivity contribution in [2.75, 3.05) is 12.0 Å². The summed E-state index contributed by atoms with van der Waals surface area (Å²) in [5, 5.41) is 3.21. The molecule has 2 atom stereocenters. The second-order valence-electron chi connectivity index (χ2n) is 6.15. The van der Waals surface area contributed by atoms with Crippen LogP contribution in [0, 0.1) is 5.82 Å². The highest BCUT2D eigenvalue weighted by Gasteiger charge is 2.52. The second-order valence-corrected chi connectivity index (χ2v) is 6.58. The van der Waals surface area contributed by atoms with Crippen molar-refractivity contribution in [3.05, 3.63) is 52.9 Å². The van der Waals surface area contributed by atoms with Crippen LogP contribution in [-0.2, 0) is 10.3 Å². The minimum absolute atomic E-state index is 0.253. The highest BCUT2D eigenvalue weighted by molar-refractivity contribution is 6.30. The number of anilines is 2. The maximum Gasteiger partial charge on any atom is 0.425 e. The molecule has 1 aromatic carbocycles. The fraction of sp³-hybridized carbons (Fsp3) is 0.294. The van der Waals surface area contributed by atoms with Crippen molar-refractivity contribution in [3.8, 4) is 0 Å². The Morgan fingerprint density at radius 2 is 2.04 bits per heavy atom. The number of hydrogen-bond donors (Lipinski definition) is 2. The van der Waals surface area contributed by atoms with Crippen molar-refractivity contribution in [2.24, 2.45) is 10.7 Å². The van der Waals surface area contributed by atoms with Gasteiger partial charge in [0.1, 0.15) is 23.8 Å². The van der Waals surface area contributed by atoms with Crippen LogP contribution in [0.4, 0.5) is 33.5 Å². The number of nitrogens with zero attached hydrogens (tertiary/aromatic N) is 2. The van der Waals surface area contributed by atoms with E-state index in [9.17, 15) is 22.0 Å². The fourth-order valence-corrected chi connectivity index (χ4v) is 3.03. The molecule has 0 amide bonds. The number of nitrogens with two attached hydrogens (primary N) is 1. The van der Waals surface area contributed by atoms with Gasteiger partial charge in [-0.2, -0.15) is 13.2 Å². The Morgan fingerprint density at radius 3 is 2.68 bits per heavy atom. The molecule has 0 spiro atoms. The molecular weight excluding hydrogens is 407 g/mol. The average Bonchev–Trinajstić information content (AvgIpc) is 2.62. The highest BCUT2D eigenvalue weighted by atomic mass is 35.5. The summed E-state index contributed by atoms with van der Waals surface area (Å²) >= 11 is 5.87. The molecule has 2 heterocycles. The molecule has 0 aliphatic carbocycles. The first-order chi connectivity index (χ1) is 13.1. The van der Waals surface area contributed by atoms with Crippen molar-refractivity contribution in [1.82, 2.24) is 4.98 Å². The van der Waals surface area contributed by atoms with Crippen LogP contribution in [0.25, 0.3) is 0 Å². The van der Waals surface area contributed by atoms with Crippen molar-refractivity contribution in [1.29, 1.82) is 0 Å². The van der Waals surface area contributed by atoms with Crippen LogP contribution in [-0.4, -0.2) is 30.0 Å². The lowest BCUT2D eigenvalue weighted by molar-refractivity contribution is -0.209. The first-order valence-corrected chi connectivity index (χ1v) is 8.34. The monoisotopic (exact) mass is 420 g/mol. The molecule has 1 aromatic heterocycles. The summed E-state index contributed by atoms with van der Waals surface area (Å²) in [5.41, 5.74) is 3.03. The van der Waals surface area contributed by atoms with Gasteiger partial charge in [-0.1, -0.05) is 11.6 Å². The Bertz CT molecular complexity index is 907. The van der Waals surface area contributed by atoms with Gasteiger partial charge in [0.2, 0.25) is 0 Å². The molecule has 3 rings (SSSR count). The van der Waals surface area contributed by atoms with Crippen molar-refractivity contribution >= 4 is 29.1 Å². The number of alkyl halides is 4. The number of hydrogen-bond acceptors (Lipinski definition) is 5. The molecule has 1 aliphatic rings. The van der Waals surface area contributed by atoms with E-state index in [4.69, 9.17) is 17.3 Å². The molecule has 1 aliphatic heterocycles. The lowest BCUT2D eigenvalue weighted by atomic mass is 9.84. The number of nitrogens with one attached hydrogen (secondary N) is 1. The number of benzene rings is 1. The zero-order chi connectivity index (χ0) is 20.5. The van der Waals surface area contributed by atoms with Gasteiger partial charge in [-0.3, -0.25) is 0 Å². The number of pyridine rings is 1. The summed E-state index contributed by atoms with van der Waals surface area (Å²) in [6, 6.07) is 5.63. The van der Waals surface area contributed by atoms with Crippen molar-refractivity contribution in [3.63, 3.8) is 0 Å². The van der Waals surface area contributed by atoms with Crippen molar-refractivity contribution < 1.29 is 26.7 Å². The average molecular weight is 421 g/mol. The smallest absolute Gasteiger partial charge is 0.425 e. The Kier molecular flexibility index (Phi) is 5.33. The lowest BCUT2D eigenvalue weighted by Gasteiger charge is -2.36. The summed E-state index contributed by atoms with van der Waals surface area (Å²) in [7, 11) is 0. The van der Waals surface area contributed by atoms with Crippen LogP contribution in [0.2, 0.25) is 5.02 Å². The second kappa shape index (κ2) is 7.42. The van der Waals surface area contributed by atoms with Crippen LogP contribution in [0.15, 0.2) is 41.5 Å². The lowest BCUT2D eigenvalue weighted by Crippen LogP contribution is -2.48. The molecule has 5 nitrogen and oxygen atoms in total. The summed E-state index contributed by atoms with van der Waals surface area (Å²) in [6.45, 7) is -1.40. The number of aliphatic imine (C=N–C) groups is 1. The molecule has 150 valence electrons. The van der Waals surface area contributed by atoms with E-state index in [1.54, 1.807) is 0 Å². The van der Waals surface area contributed by atoms with Gasteiger partial charge in [-0.15, -0.1) is 0 Å². The zero-order valence-corrected chi connectivity index (χ0v) is 14.9. The van der Waals surface area contributed by atoms with Gasteiger partial charge >= 0.3 is 6.18 Å². The third-order valence-corrected chi connectivity index (χ3v) is 4.39. The van der Waals surface area contributed by atoms with Crippen LogP contribution in [0.3, 0.4) is 0 Å². The summed E-state index contributed by atoms with van der Waals surface area (Å²) < 4.78 is 72.3. The number of rotatable bonds is 4. The van der Waals surface area contributed by atoms with Crippen LogP contribution >= 0.6 is 11.6 Å². The minimum Gasteiger partial charge on any atom is -0.452 e. The van der Waals surface area contributed by atoms with Gasteiger partial charge < -0.3 is 15.8 Å². The van der Waals surface area contributed by atoms with Gasteiger partial charge in [-0.05, 0) is 30.3 Å². The molecule has 0 fully saturated rings. The molecule has 2 unspecified atom stereocenters. The number of amidine groups is 1. The molecular formula is C17H14ClF5N4O. The zero-order valence-electron chi connectivity index (χ0n) is 14.1. The summed E-state index contributed by atoms with van der Waals surface area (Å²) in [5.74, 6) is -0.621. The number of halogens is 6. The van der Waals surface area contributed by atoms with E-state index in [0.29, 0.717) is 10.8 Å². The first kappa shape index (κ1) is 20.1. The molecule has 0 saturated carbocycles. The quantitative estimate of drug-likeness (QED) is 0.717. The van der Waals surface area contributed by atoms with E-state index < -0.39 is 42.8 Å². The maximum absolute atomic E-state index is 14.5. The van der Waals surface area contributed by atoms with E-state index in [1.807, 2.05) is 0 Å². The third-order valence-electron chi connectivity index (χ3n) is 4.16. The normalized spacial score (nSPS) is 22.4. The third kappa shape index (κ3) is 4.11. The Balaban J connectivity index is 2.01. The number of ether oxygens (including phenoxy) is 1. The van der Waals surface area contributed by atoms with Gasteiger partial charge in [0.05, 0.1) is 0 Å². The predicted molar refractivity (Wildman–Crippen MR) is 93.8 cm³/mol. The van der Waals surface area contributed by atoms with Gasteiger partial charge in [0, 0.05) is 28.9 Å². The molecule has 2 aromatic rings. The maximum atomic E-state index is 14.5. The van der Waals surface area contributed by atoms with E-state index in [-0.39, 0.29) is 11.3 Å². The fourth-order valence-electron chi connectivity index (χ4n) is 2.87. The molecule has 3 N–H and O–H groups in total. The SMILES string of the molecule is NC1=NC(CF)(c2cc(Nc3cc(Cl)ccn3)ccc2F)CC(C(F)(F)F)O1. The summed E-state index contributed by atoms with van der Waals surface area (Å²) in [6.07, 6.45) is -6.76. The van der Waals surface area contributed by atoms with Gasteiger partial charge in [-0.25, -0.2) is 18.8 Å². The topological polar surface area (TPSA) is 72.5 Å². The van der Waals surface area contributed by atoms with E-state index in [1.165, 1.54) is 24.4 Å². The molecule has 0 saturated heterocycles. The van der Waals surface area contributed by atoms with Crippen LogP contribution in [0.5, 0.6) is 0 Å². The van der Waals surface area contributed by atoms with Gasteiger partial charge in [0.25, 0.3) is 6.02 Å². The Morgan fingerprint density at radius 1 is 1.29 bits per heavy atom. The largest absolute Gasteiger partial charge is 0.452 e. The Hall–Kier alpha value is -2.62. The standard InChI is InChI=1S/C17H14ClF5N4O/c18-9-3-4-25-14(5-9)26-10-1-2-12(20)11(6-10)16(8-19)7-13(17(21,22)23)28-15(24)27-16/h1-6,13H,7-8H2,(H2,24,27)(H,25,26). The molecule has 28 heavy (non-hydrogen) atoms. The highest BCUT2D eigenvalue weighted by Crippen LogP contribution is 2.42. The van der Waals surface area contributed by atoms with Crippen LogP contribution in [0.1, 0.15) is 12.0 Å². The number of aromatic nitrogens is 1. The van der Waals surface area contributed by atoms with E-state index in [2.05, 4.69) is 20.0 Å². The molecule has 0 radical (unpaired) electrons. The first-order valence-electron chi connectivity index (χ1n) is 7.96. The van der Waals surface area contributed by atoms with E-state index >= 15 is 0 Å². The Labute approximate surface area is 161 Å².